The highest BCUT2D eigenvalue weighted by Gasteiger charge is 2.32. The first-order chi connectivity index (χ1) is 17.5. The summed E-state index contributed by atoms with van der Waals surface area (Å²) in [5, 5.41) is 8.74. The molecule has 36 heavy (non-hydrogen) atoms. The van der Waals surface area contributed by atoms with Crippen molar-refractivity contribution in [2.24, 2.45) is 0 Å². The van der Waals surface area contributed by atoms with E-state index in [0.29, 0.717) is 33.0 Å². The van der Waals surface area contributed by atoms with E-state index in [1.54, 1.807) is 55.3 Å². The standard InChI is InChI=1S/C27H21ClN4O3S/c1-34-22-10-6-17(7-11-22)25-18(16-31(30-25)21-5-3-4-19(28)15-21)14-24-26(33)32(27(36)29-24)20-8-12-23(35-2)13-9-20/h3-16H,1-2H3,(H,29,36)/b24-14-. The molecule has 0 aliphatic carbocycles. The van der Waals surface area contributed by atoms with Gasteiger partial charge in [-0.1, -0.05) is 17.7 Å². The molecule has 2 heterocycles. The fourth-order valence-electron chi connectivity index (χ4n) is 3.87. The Balaban J connectivity index is 1.56. The van der Waals surface area contributed by atoms with Gasteiger partial charge in [-0.25, -0.2) is 4.68 Å². The van der Waals surface area contributed by atoms with Crippen molar-refractivity contribution in [2.45, 2.75) is 0 Å². The summed E-state index contributed by atoms with van der Waals surface area (Å²) in [5.74, 6) is 1.17. The maximum absolute atomic E-state index is 13.3. The third-order valence-corrected chi connectivity index (χ3v) is 6.21. The fraction of sp³-hybridized carbons (Fsp3) is 0.0741. The minimum absolute atomic E-state index is 0.263. The van der Waals surface area contributed by atoms with Gasteiger partial charge < -0.3 is 14.8 Å². The van der Waals surface area contributed by atoms with Crippen LogP contribution < -0.4 is 19.7 Å². The van der Waals surface area contributed by atoms with Gasteiger partial charge in [0.05, 0.1) is 25.6 Å². The summed E-state index contributed by atoms with van der Waals surface area (Å²) >= 11 is 11.7. The number of carbonyl (C=O) groups is 1. The Labute approximate surface area is 218 Å². The zero-order valence-electron chi connectivity index (χ0n) is 19.4. The zero-order chi connectivity index (χ0) is 25.2. The Morgan fingerprint density at radius 3 is 2.25 bits per heavy atom. The first-order valence-electron chi connectivity index (χ1n) is 11.0. The van der Waals surface area contributed by atoms with Crippen molar-refractivity contribution in [2.75, 3.05) is 19.1 Å². The van der Waals surface area contributed by atoms with Gasteiger partial charge >= 0.3 is 0 Å². The number of thiocarbonyl (C=S) groups is 1. The molecule has 5 rings (SSSR count). The summed E-state index contributed by atoms with van der Waals surface area (Å²) in [6.07, 6.45) is 3.61. The lowest BCUT2D eigenvalue weighted by molar-refractivity contribution is -0.113. The Morgan fingerprint density at radius 2 is 1.61 bits per heavy atom. The van der Waals surface area contributed by atoms with E-state index >= 15 is 0 Å². The predicted molar refractivity (Wildman–Crippen MR) is 145 cm³/mol. The van der Waals surface area contributed by atoms with Crippen molar-refractivity contribution >= 4 is 46.6 Å². The van der Waals surface area contributed by atoms with Crippen LogP contribution in [0, 0.1) is 0 Å². The third kappa shape index (κ3) is 4.56. The van der Waals surface area contributed by atoms with Crippen LogP contribution in [0.25, 0.3) is 23.0 Å². The second-order valence-corrected chi connectivity index (χ2v) is 8.74. The van der Waals surface area contributed by atoms with Crippen LogP contribution in [0.1, 0.15) is 5.56 Å². The van der Waals surface area contributed by atoms with E-state index in [2.05, 4.69) is 5.32 Å². The smallest absolute Gasteiger partial charge is 0.281 e. The number of methoxy groups -OCH3 is 2. The summed E-state index contributed by atoms with van der Waals surface area (Å²) in [4.78, 5) is 14.8. The minimum atomic E-state index is -0.263. The van der Waals surface area contributed by atoms with Crippen LogP contribution in [0.15, 0.2) is 84.7 Å². The summed E-state index contributed by atoms with van der Waals surface area (Å²) in [5.41, 5.74) is 4.07. The number of hydrogen-bond donors (Lipinski definition) is 1. The Hall–Kier alpha value is -4.14. The molecule has 1 aliphatic heterocycles. The van der Waals surface area contributed by atoms with E-state index in [1.165, 1.54) is 4.90 Å². The quantitative estimate of drug-likeness (QED) is 0.271. The summed E-state index contributed by atoms with van der Waals surface area (Å²) in [6, 6.07) is 22.1. The van der Waals surface area contributed by atoms with E-state index in [0.717, 1.165) is 22.6 Å². The second-order valence-electron chi connectivity index (χ2n) is 7.91. The summed E-state index contributed by atoms with van der Waals surface area (Å²) in [6.45, 7) is 0. The lowest BCUT2D eigenvalue weighted by Crippen LogP contribution is -2.30. The minimum Gasteiger partial charge on any atom is -0.497 e. The van der Waals surface area contributed by atoms with Crippen LogP contribution in [0.3, 0.4) is 0 Å². The Morgan fingerprint density at radius 1 is 0.944 bits per heavy atom. The Kier molecular flexibility index (Phi) is 6.45. The van der Waals surface area contributed by atoms with Gasteiger partial charge in [-0.2, -0.15) is 5.10 Å². The van der Waals surface area contributed by atoms with Gasteiger partial charge in [0.1, 0.15) is 22.9 Å². The van der Waals surface area contributed by atoms with Crippen molar-refractivity contribution in [1.29, 1.82) is 0 Å². The van der Waals surface area contributed by atoms with Crippen LogP contribution in [0.5, 0.6) is 11.5 Å². The third-order valence-electron chi connectivity index (χ3n) is 5.69. The van der Waals surface area contributed by atoms with Gasteiger partial charge in [-0.3, -0.25) is 9.69 Å². The predicted octanol–water partition coefficient (Wildman–Crippen LogP) is 5.47. The van der Waals surface area contributed by atoms with Crippen LogP contribution in [-0.4, -0.2) is 35.0 Å². The molecule has 9 heteroatoms. The number of anilines is 1. The molecule has 4 aromatic rings. The number of benzene rings is 3. The molecule has 1 fully saturated rings. The highest BCUT2D eigenvalue weighted by Crippen LogP contribution is 2.30. The maximum Gasteiger partial charge on any atom is 0.281 e. The Bertz CT molecular complexity index is 1480. The molecule has 1 saturated heterocycles. The van der Waals surface area contributed by atoms with E-state index in [4.69, 9.17) is 38.4 Å². The molecule has 0 unspecified atom stereocenters. The van der Waals surface area contributed by atoms with Gasteiger partial charge in [0, 0.05) is 22.3 Å². The molecule has 3 aromatic carbocycles. The molecular formula is C27H21ClN4O3S. The molecule has 0 bridgehead atoms. The van der Waals surface area contributed by atoms with Crippen LogP contribution >= 0.6 is 23.8 Å². The van der Waals surface area contributed by atoms with Gasteiger partial charge in [0.25, 0.3) is 5.91 Å². The second kappa shape index (κ2) is 9.85. The SMILES string of the molecule is COc1ccc(-c2nn(-c3cccc(Cl)c3)cc2/C=C2\NC(=S)N(c3ccc(OC)cc3)C2=O)cc1. The van der Waals surface area contributed by atoms with Crippen molar-refractivity contribution < 1.29 is 14.3 Å². The molecule has 0 spiro atoms. The fourth-order valence-corrected chi connectivity index (χ4v) is 4.36. The van der Waals surface area contributed by atoms with Crippen LogP contribution in [0.4, 0.5) is 5.69 Å². The van der Waals surface area contributed by atoms with E-state index in [9.17, 15) is 4.79 Å². The maximum atomic E-state index is 13.3. The molecule has 1 amide bonds. The molecule has 1 aliphatic rings. The molecule has 180 valence electrons. The number of halogens is 1. The van der Waals surface area contributed by atoms with Gasteiger partial charge in [-0.15, -0.1) is 0 Å². The van der Waals surface area contributed by atoms with Crippen molar-refractivity contribution in [3.05, 3.63) is 95.3 Å². The number of nitrogens with zero attached hydrogens (tertiary/aromatic N) is 3. The number of ether oxygens (including phenoxy) is 2. The largest absolute Gasteiger partial charge is 0.497 e. The first-order valence-corrected chi connectivity index (χ1v) is 11.8. The number of carbonyl (C=O) groups excluding carboxylic acids is 1. The number of amides is 1. The lowest BCUT2D eigenvalue weighted by atomic mass is 10.1. The van der Waals surface area contributed by atoms with Gasteiger partial charge in [0.15, 0.2) is 5.11 Å². The topological polar surface area (TPSA) is 68.6 Å². The summed E-state index contributed by atoms with van der Waals surface area (Å²) < 4.78 is 12.2. The number of hydrogen-bond acceptors (Lipinski definition) is 5. The first kappa shape index (κ1) is 23.6. The van der Waals surface area contributed by atoms with Crippen LogP contribution in [-0.2, 0) is 4.79 Å². The van der Waals surface area contributed by atoms with Crippen molar-refractivity contribution in [1.82, 2.24) is 15.1 Å². The van der Waals surface area contributed by atoms with Crippen molar-refractivity contribution in [3.63, 3.8) is 0 Å². The molecule has 1 aromatic heterocycles. The monoisotopic (exact) mass is 516 g/mol. The van der Waals surface area contributed by atoms with Gasteiger partial charge in [-0.05, 0) is 85.0 Å². The number of aromatic nitrogens is 2. The average Bonchev–Trinajstić information content (AvgIpc) is 3.44. The number of nitrogens with one attached hydrogen (secondary N) is 1. The molecular weight excluding hydrogens is 496 g/mol. The zero-order valence-corrected chi connectivity index (χ0v) is 21.0. The summed E-state index contributed by atoms with van der Waals surface area (Å²) in [7, 11) is 3.21. The van der Waals surface area contributed by atoms with Crippen molar-refractivity contribution in [3.8, 4) is 28.4 Å². The normalized spacial score (nSPS) is 14.3. The van der Waals surface area contributed by atoms with E-state index in [1.807, 2.05) is 48.7 Å². The highest BCUT2D eigenvalue weighted by molar-refractivity contribution is 7.80. The molecule has 7 nitrogen and oxygen atoms in total. The number of rotatable bonds is 6. The molecule has 0 radical (unpaired) electrons. The highest BCUT2D eigenvalue weighted by atomic mass is 35.5. The van der Waals surface area contributed by atoms with Gasteiger partial charge in [0.2, 0.25) is 0 Å². The lowest BCUT2D eigenvalue weighted by Gasteiger charge is -2.14. The molecule has 1 N–H and O–H groups in total. The van der Waals surface area contributed by atoms with E-state index < -0.39 is 0 Å². The average molecular weight is 517 g/mol. The van der Waals surface area contributed by atoms with Crippen LogP contribution in [0.2, 0.25) is 5.02 Å². The van der Waals surface area contributed by atoms with E-state index in [-0.39, 0.29) is 5.91 Å². The molecule has 0 atom stereocenters. The molecule has 0 saturated carbocycles.